The number of nitrogens with zero attached hydrogens (tertiary/aromatic N) is 1. The van der Waals surface area contributed by atoms with Crippen LogP contribution in [0.4, 0.5) is 0 Å². The Labute approximate surface area is 143 Å². The maximum atomic E-state index is 12.9. The van der Waals surface area contributed by atoms with Crippen LogP contribution in [0.15, 0.2) is 35.9 Å². The van der Waals surface area contributed by atoms with E-state index in [1.54, 1.807) is 0 Å². The molecule has 1 amide bonds. The summed E-state index contributed by atoms with van der Waals surface area (Å²) in [5, 5.41) is 4.15. The highest BCUT2D eigenvalue weighted by molar-refractivity contribution is 6.07. The van der Waals surface area contributed by atoms with Gasteiger partial charge in [-0.1, -0.05) is 29.8 Å². The second kappa shape index (κ2) is 6.76. The lowest BCUT2D eigenvalue weighted by atomic mass is 9.97. The predicted octanol–water partition coefficient (Wildman–Crippen LogP) is 4.34. The van der Waals surface area contributed by atoms with E-state index >= 15 is 0 Å². The SMILES string of the molecule is O=C(NCCC1=CCCCC1)c1c2c(nc3ccccc13)CCC2. The first-order chi connectivity index (χ1) is 11.8. The average Bonchev–Trinajstić information content (AvgIpc) is 3.08. The minimum atomic E-state index is 0.0724. The van der Waals surface area contributed by atoms with Crippen LogP contribution in [0, 0.1) is 0 Å². The second-order valence-corrected chi connectivity index (χ2v) is 6.90. The first-order valence-corrected chi connectivity index (χ1v) is 9.19. The van der Waals surface area contributed by atoms with E-state index in [1.165, 1.54) is 36.8 Å². The van der Waals surface area contributed by atoms with Gasteiger partial charge in [0.05, 0.1) is 11.1 Å². The van der Waals surface area contributed by atoms with Crippen molar-refractivity contribution in [2.24, 2.45) is 0 Å². The number of pyridine rings is 1. The zero-order chi connectivity index (χ0) is 16.4. The van der Waals surface area contributed by atoms with Gasteiger partial charge in [-0.05, 0) is 63.0 Å². The summed E-state index contributed by atoms with van der Waals surface area (Å²) < 4.78 is 0. The molecule has 0 saturated heterocycles. The Kier molecular flexibility index (Phi) is 4.33. The van der Waals surface area contributed by atoms with Gasteiger partial charge in [0.2, 0.25) is 0 Å². The van der Waals surface area contributed by atoms with Crippen LogP contribution in [0.5, 0.6) is 0 Å². The number of carbonyl (C=O) groups is 1. The fraction of sp³-hybridized carbons (Fsp3) is 0.429. The van der Waals surface area contributed by atoms with E-state index in [0.29, 0.717) is 0 Å². The van der Waals surface area contributed by atoms with Crippen LogP contribution in [0.1, 0.15) is 60.1 Å². The number of allylic oxidation sites excluding steroid dienone is 1. The first-order valence-electron chi connectivity index (χ1n) is 9.19. The van der Waals surface area contributed by atoms with Crippen molar-refractivity contribution in [1.82, 2.24) is 10.3 Å². The third kappa shape index (κ3) is 2.95. The molecule has 0 radical (unpaired) electrons. The second-order valence-electron chi connectivity index (χ2n) is 6.90. The number of rotatable bonds is 4. The van der Waals surface area contributed by atoms with Crippen molar-refractivity contribution in [2.45, 2.75) is 51.4 Å². The van der Waals surface area contributed by atoms with Crippen LogP contribution >= 0.6 is 0 Å². The van der Waals surface area contributed by atoms with Gasteiger partial charge >= 0.3 is 0 Å². The number of para-hydroxylation sites is 1. The van der Waals surface area contributed by atoms with Crippen molar-refractivity contribution in [2.75, 3.05) is 6.54 Å². The van der Waals surface area contributed by atoms with E-state index in [1.807, 2.05) is 24.3 Å². The summed E-state index contributed by atoms with van der Waals surface area (Å²) in [6.07, 6.45) is 11.4. The van der Waals surface area contributed by atoms with Gasteiger partial charge in [0.1, 0.15) is 0 Å². The smallest absolute Gasteiger partial charge is 0.252 e. The standard InChI is InChI=1S/C21H24N2O/c24-21(22-14-13-15-7-2-1-3-8-15)20-16-9-4-5-11-18(16)23-19-12-6-10-17(19)20/h4-5,7,9,11H,1-3,6,8,10,12-14H2,(H,22,24). The lowest BCUT2D eigenvalue weighted by Gasteiger charge is -2.15. The molecule has 0 atom stereocenters. The van der Waals surface area contributed by atoms with Gasteiger partial charge in [-0.25, -0.2) is 0 Å². The third-order valence-electron chi connectivity index (χ3n) is 5.26. The molecule has 0 saturated carbocycles. The van der Waals surface area contributed by atoms with Crippen LogP contribution in [-0.2, 0) is 12.8 Å². The molecule has 1 aromatic carbocycles. The molecule has 0 aliphatic heterocycles. The Morgan fingerprint density at radius 1 is 1.08 bits per heavy atom. The Morgan fingerprint density at radius 2 is 2.00 bits per heavy atom. The Bertz CT molecular complexity index is 807. The van der Waals surface area contributed by atoms with Crippen molar-refractivity contribution in [3.8, 4) is 0 Å². The number of aryl methyl sites for hydroxylation is 1. The lowest BCUT2D eigenvalue weighted by Crippen LogP contribution is -2.26. The van der Waals surface area contributed by atoms with Crippen LogP contribution in [0.3, 0.4) is 0 Å². The minimum Gasteiger partial charge on any atom is -0.352 e. The topological polar surface area (TPSA) is 42.0 Å². The summed E-state index contributed by atoms with van der Waals surface area (Å²) >= 11 is 0. The molecule has 1 aromatic heterocycles. The van der Waals surface area contributed by atoms with E-state index in [4.69, 9.17) is 4.98 Å². The van der Waals surface area contributed by atoms with Gasteiger partial charge < -0.3 is 5.32 Å². The molecular weight excluding hydrogens is 296 g/mol. The van der Waals surface area contributed by atoms with Crippen molar-refractivity contribution in [1.29, 1.82) is 0 Å². The number of hydrogen-bond donors (Lipinski definition) is 1. The lowest BCUT2D eigenvalue weighted by molar-refractivity contribution is 0.0954. The molecular formula is C21H24N2O. The monoisotopic (exact) mass is 320 g/mol. The Balaban J connectivity index is 1.56. The van der Waals surface area contributed by atoms with E-state index in [0.717, 1.165) is 54.4 Å². The quantitative estimate of drug-likeness (QED) is 0.851. The number of fused-ring (bicyclic) bond motifs is 2. The van der Waals surface area contributed by atoms with E-state index < -0.39 is 0 Å². The maximum absolute atomic E-state index is 12.9. The molecule has 2 aliphatic rings. The summed E-state index contributed by atoms with van der Waals surface area (Å²) in [6, 6.07) is 8.03. The fourth-order valence-corrected chi connectivity index (χ4v) is 4.03. The maximum Gasteiger partial charge on any atom is 0.252 e. The zero-order valence-corrected chi connectivity index (χ0v) is 14.1. The third-order valence-corrected chi connectivity index (χ3v) is 5.26. The van der Waals surface area contributed by atoms with Crippen LogP contribution in [0.25, 0.3) is 10.9 Å². The molecule has 3 nitrogen and oxygen atoms in total. The van der Waals surface area contributed by atoms with Crippen LogP contribution < -0.4 is 5.32 Å². The summed E-state index contributed by atoms with van der Waals surface area (Å²) in [4.78, 5) is 17.7. The van der Waals surface area contributed by atoms with Crippen molar-refractivity contribution < 1.29 is 4.79 Å². The molecule has 0 fully saturated rings. The minimum absolute atomic E-state index is 0.0724. The Hall–Kier alpha value is -2.16. The molecule has 24 heavy (non-hydrogen) atoms. The number of nitrogens with one attached hydrogen (secondary N) is 1. The highest BCUT2D eigenvalue weighted by Gasteiger charge is 2.23. The average molecular weight is 320 g/mol. The van der Waals surface area contributed by atoms with Crippen molar-refractivity contribution >= 4 is 16.8 Å². The number of benzene rings is 1. The van der Waals surface area contributed by atoms with Gasteiger partial charge in [-0.15, -0.1) is 0 Å². The largest absolute Gasteiger partial charge is 0.352 e. The number of carbonyl (C=O) groups excluding carboxylic acids is 1. The predicted molar refractivity (Wildman–Crippen MR) is 97.3 cm³/mol. The Morgan fingerprint density at radius 3 is 2.88 bits per heavy atom. The molecule has 0 spiro atoms. The number of aromatic nitrogens is 1. The molecule has 124 valence electrons. The summed E-state index contributed by atoms with van der Waals surface area (Å²) in [7, 11) is 0. The highest BCUT2D eigenvalue weighted by atomic mass is 16.1. The van der Waals surface area contributed by atoms with Gasteiger partial charge in [-0.3, -0.25) is 9.78 Å². The molecule has 0 bridgehead atoms. The molecule has 3 heteroatoms. The summed E-state index contributed by atoms with van der Waals surface area (Å²) in [6.45, 7) is 0.732. The molecule has 1 heterocycles. The highest BCUT2D eigenvalue weighted by Crippen LogP contribution is 2.30. The van der Waals surface area contributed by atoms with Crippen LogP contribution in [0.2, 0.25) is 0 Å². The summed E-state index contributed by atoms with van der Waals surface area (Å²) in [5.74, 6) is 0.0724. The van der Waals surface area contributed by atoms with E-state index in [-0.39, 0.29) is 5.91 Å². The van der Waals surface area contributed by atoms with Gasteiger partial charge in [-0.2, -0.15) is 0 Å². The molecule has 1 N–H and O–H groups in total. The molecule has 2 aliphatic carbocycles. The summed E-state index contributed by atoms with van der Waals surface area (Å²) in [5.41, 5.74) is 5.60. The fourth-order valence-electron chi connectivity index (χ4n) is 4.03. The molecule has 0 unspecified atom stereocenters. The van der Waals surface area contributed by atoms with E-state index in [2.05, 4.69) is 11.4 Å². The van der Waals surface area contributed by atoms with Gasteiger partial charge in [0, 0.05) is 17.6 Å². The molecule has 2 aromatic rings. The van der Waals surface area contributed by atoms with Crippen LogP contribution in [-0.4, -0.2) is 17.4 Å². The van der Waals surface area contributed by atoms with Gasteiger partial charge in [0.25, 0.3) is 5.91 Å². The first kappa shape index (κ1) is 15.4. The number of hydrogen-bond acceptors (Lipinski definition) is 2. The number of amides is 1. The molecule has 4 rings (SSSR count). The van der Waals surface area contributed by atoms with E-state index in [9.17, 15) is 4.79 Å². The van der Waals surface area contributed by atoms with Crippen molar-refractivity contribution in [3.63, 3.8) is 0 Å². The zero-order valence-electron chi connectivity index (χ0n) is 14.1. The normalized spacial score (nSPS) is 16.8. The van der Waals surface area contributed by atoms with Gasteiger partial charge in [0.15, 0.2) is 0 Å². The van der Waals surface area contributed by atoms with Crippen molar-refractivity contribution in [3.05, 3.63) is 52.7 Å².